The van der Waals surface area contributed by atoms with Crippen molar-refractivity contribution in [2.24, 2.45) is 0 Å². The van der Waals surface area contributed by atoms with Crippen LogP contribution in [0.15, 0.2) is 29.1 Å². The predicted molar refractivity (Wildman–Crippen MR) is 81.6 cm³/mol. The summed E-state index contributed by atoms with van der Waals surface area (Å²) < 4.78 is 5.55. The number of nitrogen functional groups attached to an aromatic ring is 1. The molecule has 0 fully saturated rings. The van der Waals surface area contributed by atoms with Gasteiger partial charge in [-0.3, -0.25) is 4.79 Å². The number of halogens is 1. The molecule has 0 atom stereocenters. The minimum absolute atomic E-state index is 0.215. The van der Waals surface area contributed by atoms with Crippen LogP contribution in [0.2, 0.25) is 5.02 Å². The van der Waals surface area contributed by atoms with Crippen LogP contribution in [0, 0.1) is 0 Å². The molecule has 0 spiro atoms. The lowest BCUT2D eigenvalue weighted by Gasteiger charge is -2.02. The quantitative estimate of drug-likeness (QED) is 0.769. The lowest BCUT2D eigenvalue weighted by Crippen LogP contribution is -2.25. The zero-order chi connectivity index (χ0) is 14.8. The molecule has 1 aromatic carbocycles. The molecule has 0 radical (unpaired) electrons. The molecular formula is C13H11ClN4O2S. The van der Waals surface area contributed by atoms with Crippen LogP contribution in [-0.4, -0.2) is 22.6 Å². The Bertz CT molecular complexity index is 785. The van der Waals surface area contributed by atoms with E-state index in [4.69, 9.17) is 17.3 Å². The highest BCUT2D eigenvalue weighted by molar-refractivity contribution is 7.21. The van der Waals surface area contributed by atoms with Gasteiger partial charge >= 0.3 is 0 Å². The zero-order valence-electron chi connectivity index (χ0n) is 10.8. The number of rotatable bonds is 4. The monoisotopic (exact) mass is 322 g/mol. The third-order valence-electron chi connectivity index (χ3n) is 2.94. The van der Waals surface area contributed by atoms with E-state index in [9.17, 15) is 4.79 Å². The molecular weight excluding hydrogens is 312 g/mol. The molecule has 21 heavy (non-hydrogen) atoms. The van der Waals surface area contributed by atoms with Crippen LogP contribution >= 0.6 is 22.9 Å². The first kappa shape index (κ1) is 13.8. The van der Waals surface area contributed by atoms with Crippen LogP contribution in [0.5, 0.6) is 0 Å². The van der Waals surface area contributed by atoms with Gasteiger partial charge in [-0.2, -0.15) is 4.98 Å². The molecule has 108 valence electrons. The molecule has 0 unspecified atom stereocenters. The van der Waals surface area contributed by atoms with Gasteiger partial charge in [0.1, 0.15) is 4.88 Å². The average molecular weight is 323 g/mol. The summed E-state index contributed by atoms with van der Waals surface area (Å²) in [6.45, 7) is 0.410. The fraction of sp³-hybridized carbons (Fsp3) is 0.154. The molecule has 0 aliphatic rings. The minimum atomic E-state index is -0.215. The van der Waals surface area contributed by atoms with Gasteiger partial charge in [-0.15, -0.1) is 11.3 Å². The second-order valence-electron chi connectivity index (χ2n) is 4.34. The number of hydrogen-bond acceptors (Lipinski definition) is 6. The van der Waals surface area contributed by atoms with Crippen LogP contribution in [0.3, 0.4) is 0 Å². The third kappa shape index (κ3) is 2.84. The molecule has 6 nitrogen and oxygen atoms in total. The number of amides is 1. The van der Waals surface area contributed by atoms with Crippen LogP contribution < -0.4 is 11.1 Å². The smallest absolute Gasteiger partial charge is 0.263 e. The third-order valence-corrected chi connectivity index (χ3v) is 4.36. The Hall–Kier alpha value is -2.12. The van der Waals surface area contributed by atoms with E-state index in [-0.39, 0.29) is 5.91 Å². The normalized spacial score (nSPS) is 10.9. The lowest BCUT2D eigenvalue weighted by atomic mass is 10.2. The number of aromatic nitrogens is 2. The molecule has 3 rings (SSSR count). The van der Waals surface area contributed by atoms with E-state index in [2.05, 4.69) is 20.0 Å². The predicted octanol–water partition coefficient (Wildman–Crippen LogP) is 2.49. The number of anilines is 1. The van der Waals surface area contributed by atoms with Gasteiger partial charge in [0.2, 0.25) is 6.39 Å². The van der Waals surface area contributed by atoms with Gasteiger partial charge in [0.25, 0.3) is 5.91 Å². The highest BCUT2D eigenvalue weighted by atomic mass is 35.5. The number of fused-ring (bicyclic) bond motifs is 1. The van der Waals surface area contributed by atoms with Crippen molar-refractivity contribution in [1.29, 1.82) is 0 Å². The highest BCUT2D eigenvalue weighted by Crippen LogP contribution is 2.35. The number of benzene rings is 1. The van der Waals surface area contributed by atoms with E-state index >= 15 is 0 Å². The number of carbonyl (C=O) groups is 1. The summed E-state index contributed by atoms with van der Waals surface area (Å²) >= 11 is 7.29. The standard InChI is InChI=1S/C13H11ClN4O2S/c14-7-1-2-9-8(5-7)11(15)12(21-9)13(19)16-4-3-10-17-6-20-18-10/h1-2,5-6H,3-4,15H2,(H,16,19). The maximum absolute atomic E-state index is 12.2. The second-order valence-corrected chi connectivity index (χ2v) is 5.83. The fourth-order valence-corrected chi connectivity index (χ4v) is 3.12. The summed E-state index contributed by atoms with van der Waals surface area (Å²) in [5.74, 6) is 0.333. The van der Waals surface area contributed by atoms with E-state index in [0.29, 0.717) is 34.4 Å². The van der Waals surface area contributed by atoms with E-state index in [1.165, 1.54) is 17.7 Å². The molecule has 1 amide bonds. The van der Waals surface area contributed by atoms with E-state index in [1.807, 2.05) is 6.07 Å². The number of nitrogens with two attached hydrogens (primary N) is 1. The van der Waals surface area contributed by atoms with E-state index in [1.54, 1.807) is 12.1 Å². The SMILES string of the molecule is Nc1c(C(=O)NCCc2ncon2)sc2ccc(Cl)cc12. The molecule has 0 saturated heterocycles. The van der Waals surface area contributed by atoms with E-state index in [0.717, 1.165) is 10.1 Å². The first-order valence-corrected chi connectivity index (χ1v) is 7.35. The van der Waals surface area contributed by atoms with Crippen molar-refractivity contribution in [1.82, 2.24) is 15.5 Å². The lowest BCUT2D eigenvalue weighted by molar-refractivity contribution is 0.0959. The van der Waals surface area contributed by atoms with Gasteiger partial charge in [-0.05, 0) is 18.2 Å². The Kier molecular flexibility index (Phi) is 3.76. The Balaban J connectivity index is 1.73. The molecule has 2 aromatic heterocycles. The first-order valence-electron chi connectivity index (χ1n) is 6.16. The Morgan fingerprint density at radius 3 is 3.10 bits per heavy atom. The summed E-state index contributed by atoms with van der Waals surface area (Å²) in [6.07, 6.45) is 1.75. The maximum Gasteiger partial charge on any atom is 0.263 e. The summed E-state index contributed by atoms with van der Waals surface area (Å²) in [6, 6.07) is 5.39. The number of carbonyl (C=O) groups excluding carboxylic acids is 1. The number of nitrogens with one attached hydrogen (secondary N) is 1. The second kappa shape index (κ2) is 5.71. The topological polar surface area (TPSA) is 94.0 Å². The van der Waals surface area contributed by atoms with Crippen molar-refractivity contribution < 1.29 is 9.32 Å². The highest BCUT2D eigenvalue weighted by Gasteiger charge is 2.16. The van der Waals surface area contributed by atoms with Crippen molar-refractivity contribution in [2.45, 2.75) is 6.42 Å². The van der Waals surface area contributed by atoms with Crippen LogP contribution in [0.25, 0.3) is 10.1 Å². The van der Waals surface area contributed by atoms with Crippen molar-refractivity contribution in [3.63, 3.8) is 0 Å². The van der Waals surface area contributed by atoms with Gasteiger partial charge < -0.3 is 15.6 Å². The number of nitrogens with zero attached hydrogens (tertiary/aromatic N) is 2. The minimum Gasteiger partial charge on any atom is -0.397 e. The fourth-order valence-electron chi connectivity index (χ4n) is 1.93. The van der Waals surface area contributed by atoms with Crippen molar-refractivity contribution >= 4 is 44.6 Å². The molecule has 8 heteroatoms. The molecule has 0 saturated carbocycles. The van der Waals surface area contributed by atoms with Crippen molar-refractivity contribution in [2.75, 3.05) is 12.3 Å². The largest absolute Gasteiger partial charge is 0.397 e. The summed E-state index contributed by atoms with van der Waals surface area (Å²) in [4.78, 5) is 16.5. The molecule has 0 aliphatic carbocycles. The van der Waals surface area contributed by atoms with Crippen LogP contribution in [-0.2, 0) is 6.42 Å². The van der Waals surface area contributed by atoms with Crippen LogP contribution in [0.1, 0.15) is 15.5 Å². The number of hydrogen-bond donors (Lipinski definition) is 2. The first-order chi connectivity index (χ1) is 10.1. The van der Waals surface area contributed by atoms with Gasteiger partial charge in [0.15, 0.2) is 5.82 Å². The average Bonchev–Trinajstić information content (AvgIpc) is 3.08. The maximum atomic E-state index is 12.2. The summed E-state index contributed by atoms with van der Waals surface area (Å²) in [7, 11) is 0. The molecule has 3 N–H and O–H groups in total. The molecule has 0 aliphatic heterocycles. The van der Waals surface area contributed by atoms with Crippen molar-refractivity contribution in [3.05, 3.63) is 40.3 Å². The van der Waals surface area contributed by atoms with E-state index < -0.39 is 0 Å². The Morgan fingerprint density at radius 2 is 2.33 bits per heavy atom. The van der Waals surface area contributed by atoms with Crippen LogP contribution in [0.4, 0.5) is 5.69 Å². The Morgan fingerprint density at radius 1 is 1.48 bits per heavy atom. The molecule has 0 bridgehead atoms. The number of thiophene rings is 1. The molecule has 2 heterocycles. The zero-order valence-corrected chi connectivity index (χ0v) is 12.4. The molecule has 3 aromatic rings. The van der Waals surface area contributed by atoms with Crippen molar-refractivity contribution in [3.8, 4) is 0 Å². The summed E-state index contributed by atoms with van der Waals surface area (Å²) in [5, 5.41) is 7.86. The van der Waals surface area contributed by atoms with Gasteiger partial charge in [-0.25, -0.2) is 0 Å². The van der Waals surface area contributed by atoms with Gasteiger partial charge in [0.05, 0.1) is 5.69 Å². The Labute approximate surface area is 128 Å². The summed E-state index contributed by atoms with van der Waals surface area (Å²) in [5.41, 5.74) is 6.48. The van der Waals surface area contributed by atoms with Gasteiger partial charge in [-0.1, -0.05) is 16.8 Å². The van der Waals surface area contributed by atoms with Gasteiger partial charge in [0, 0.05) is 28.1 Å².